The van der Waals surface area contributed by atoms with Gasteiger partial charge in [0.25, 0.3) is 0 Å². The summed E-state index contributed by atoms with van der Waals surface area (Å²) < 4.78 is 0. The van der Waals surface area contributed by atoms with Crippen LogP contribution in [0.1, 0.15) is 54.2 Å². The molecule has 1 heterocycles. The minimum absolute atomic E-state index is 0.102. The van der Waals surface area contributed by atoms with Gasteiger partial charge in [-0.25, -0.2) is 14.8 Å². The second-order valence-corrected chi connectivity index (χ2v) is 3.97. The van der Waals surface area contributed by atoms with Crippen LogP contribution in [0.2, 0.25) is 0 Å². The molecule has 1 N–H and O–H groups in total. The van der Waals surface area contributed by atoms with Gasteiger partial charge in [0.15, 0.2) is 5.69 Å². The van der Waals surface area contributed by atoms with E-state index in [0.717, 1.165) is 18.5 Å². The highest BCUT2D eigenvalue weighted by Gasteiger charge is 2.18. The first kappa shape index (κ1) is 10.1. The Balaban J connectivity index is 2.19. The highest BCUT2D eigenvalue weighted by molar-refractivity contribution is 5.85. The summed E-state index contributed by atoms with van der Waals surface area (Å²) in [6.45, 7) is 0. The van der Waals surface area contributed by atoms with Gasteiger partial charge >= 0.3 is 5.97 Å². The Kier molecular flexibility index (Phi) is 2.94. The summed E-state index contributed by atoms with van der Waals surface area (Å²) in [6.07, 6.45) is 7.32. The van der Waals surface area contributed by atoms with Crippen LogP contribution in [0.25, 0.3) is 0 Å². The zero-order valence-electron chi connectivity index (χ0n) is 8.52. The number of rotatable bonds is 2. The van der Waals surface area contributed by atoms with Crippen molar-refractivity contribution in [3.63, 3.8) is 0 Å². The summed E-state index contributed by atoms with van der Waals surface area (Å²) in [5.74, 6) is -0.547. The van der Waals surface area contributed by atoms with Crippen LogP contribution in [-0.4, -0.2) is 21.0 Å². The average molecular weight is 206 g/mol. The predicted molar refractivity (Wildman–Crippen MR) is 54.8 cm³/mol. The van der Waals surface area contributed by atoms with Crippen molar-refractivity contribution >= 4 is 5.97 Å². The van der Waals surface area contributed by atoms with Crippen molar-refractivity contribution in [2.75, 3.05) is 0 Å². The molecule has 80 valence electrons. The normalized spacial score (nSPS) is 17.6. The quantitative estimate of drug-likeness (QED) is 0.805. The van der Waals surface area contributed by atoms with Crippen molar-refractivity contribution in [3.8, 4) is 0 Å². The zero-order valence-corrected chi connectivity index (χ0v) is 8.52. The Hall–Kier alpha value is -1.45. The molecule has 15 heavy (non-hydrogen) atoms. The molecule has 0 bridgehead atoms. The van der Waals surface area contributed by atoms with Crippen molar-refractivity contribution in [3.05, 3.63) is 23.8 Å². The van der Waals surface area contributed by atoms with Gasteiger partial charge in [-0.1, -0.05) is 19.3 Å². The van der Waals surface area contributed by atoms with Gasteiger partial charge in [0.05, 0.1) is 0 Å². The van der Waals surface area contributed by atoms with E-state index in [9.17, 15) is 4.79 Å². The Bertz CT molecular complexity index is 359. The van der Waals surface area contributed by atoms with Gasteiger partial charge in [-0.15, -0.1) is 0 Å². The van der Waals surface area contributed by atoms with Crippen LogP contribution in [0.15, 0.2) is 12.4 Å². The fourth-order valence-corrected chi connectivity index (χ4v) is 2.11. The fourth-order valence-electron chi connectivity index (χ4n) is 2.11. The van der Waals surface area contributed by atoms with E-state index in [1.165, 1.54) is 25.6 Å². The molecule has 2 rings (SSSR count). The molecule has 4 heteroatoms. The fraction of sp³-hybridized carbons (Fsp3) is 0.545. The smallest absolute Gasteiger partial charge is 0.354 e. The predicted octanol–water partition coefficient (Wildman–Crippen LogP) is 2.22. The Morgan fingerprint density at radius 2 is 2.00 bits per heavy atom. The number of aromatic nitrogens is 2. The molecule has 0 radical (unpaired) electrons. The second-order valence-electron chi connectivity index (χ2n) is 3.97. The van der Waals surface area contributed by atoms with Crippen molar-refractivity contribution < 1.29 is 9.90 Å². The van der Waals surface area contributed by atoms with Gasteiger partial charge in [0.2, 0.25) is 0 Å². The second kappa shape index (κ2) is 4.38. The van der Waals surface area contributed by atoms with E-state index >= 15 is 0 Å². The third kappa shape index (κ3) is 2.32. The van der Waals surface area contributed by atoms with Crippen LogP contribution in [0, 0.1) is 0 Å². The molecule has 0 amide bonds. The topological polar surface area (TPSA) is 63.1 Å². The Labute approximate surface area is 88.4 Å². The summed E-state index contributed by atoms with van der Waals surface area (Å²) in [5, 5.41) is 8.82. The summed E-state index contributed by atoms with van der Waals surface area (Å²) in [6, 6.07) is 1.61. The SMILES string of the molecule is O=C(O)c1cc(C2CCCCC2)ncn1. The van der Waals surface area contributed by atoms with Crippen molar-refractivity contribution in [2.45, 2.75) is 38.0 Å². The molecule has 1 aliphatic carbocycles. The maximum absolute atomic E-state index is 10.7. The highest BCUT2D eigenvalue weighted by Crippen LogP contribution is 2.31. The zero-order chi connectivity index (χ0) is 10.7. The summed E-state index contributed by atoms with van der Waals surface area (Å²) >= 11 is 0. The standard InChI is InChI=1S/C11H14N2O2/c14-11(15)10-6-9(12-7-13-10)8-4-2-1-3-5-8/h6-8H,1-5H2,(H,14,15). The lowest BCUT2D eigenvalue weighted by Gasteiger charge is -2.20. The molecule has 0 spiro atoms. The van der Waals surface area contributed by atoms with Gasteiger partial charge < -0.3 is 5.11 Å². The Morgan fingerprint density at radius 3 is 2.67 bits per heavy atom. The number of hydrogen-bond acceptors (Lipinski definition) is 3. The van der Waals surface area contributed by atoms with Crippen LogP contribution in [0.3, 0.4) is 0 Å². The van der Waals surface area contributed by atoms with Crippen molar-refractivity contribution in [1.29, 1.82) is 0 Å². The van der Waals surface area contributed by atoms with Crippen LogP contribution in [0.4, 0.5) is 0 Å². The van der Waals surface area contributed by atoms with E-state index in [-0.39, 0.29) is 5.69 Å². The van der Waals surface area contributed by atoms with E-state index in [2.05, 4.69) is 9.97 Å². The van der Waals surface area contributed by atoms with Gasteiger partial charge in [0.1, 0.15) is 6.33 Å². The highest BCUT2D eigenvalue weighted by atomic mass is 16.4. The molecule has 1 fully saturated rings. The largest absolute Gasteiger partial charge is 0.477 e. The van der Waals surface area contributed by atoms with Gasteiger partial charge in [-0.05, 0) is 18.9 Å². The summed E-state index contributed by atoms with van der Waals surface area (Å²) in [5.41, 5.74) is 0.993. The van der Waals surface area contributed by atoms with Crippen LogP contribution < -0.4 is 0 Å². The molecule has 0 saturated heterocycles. The molecule has 1 aliphatic rings. The third-order valence-corrected chi connectivity index (χ3v) is 2.93. The average Bonchev–Trinajstić information content (AvgIpc) is 2.30. The van der Waals surface area contributed by atoms with Gasteiger partial charge in [-0.3, -0.25) is 0 Å². The first-order valence-electron chi connectivity index (χ1n) is 5.32. The molecule has 1 aromatic heterocycles. The van der Waals surface area contributed by atoms with E-state index < -0.39 is 5.97 Å². The van der Waals surface area contributed by atoms with E-state index in [0.29, 0.717) is 5.92 Å². The lowest BCUT2D eigenvalue weighted by molar-refractivity contribution is 0.0690. The number of carboxylic acids is 1. The van der Waals surface area contributed by atoms with E-state index in [4.69, 9.17) is 5.11 Å². The molecule has 0 unspecified atom stereocenters. The minimum atomic E-state index is -0.977. The summed E-state index contributed by atoms with van der Waals surface area (Å²) in [4.78, 5) is 18.6. The molecule has 4 nitrogen and oxygen atoms in total. The molecule has 1 saturated carbocycles. The maximum atomic E-state index is 10.7. The Morgan fingerprint density at radius 1 is 1.27 bits per heavy atom. The first-order valence-corrected chi connectivity index (χ1v) is 5.32. The van der Waals surface area contributed by atoms with E-state index in [1.807, 2.05) is 0 Å². The first-order chi connectivity index (χ1) is 7.27. The van der Waals surface area contributed by atoms with Crippen molar-refractivity contribution in [2.24, 2.45) is 0 Å². The minimum Gasteiger partial charge on any atom is -0.477 e. The molecule has 1 aromatic rings. The number of nitrogens with zero attached hydrogens (tertiary/aromatic N) is 2. The molecular weight excluding hydrogens is 192 g/mol. The summed E-state index contributed by atoms with van der Waals surface area (Å²) in [7, 11) is 0. The molecular formula is C11H14N2O2. The lowest BCUT2D eigenvalue weighted by atomic mass is 9.86. The molecule has 0 aliphatic heterocycles. The molecule has 0 atom stereocenters. The van der Waals surface area contributed by atoms with Crippen LogP contribution in [-0.2, 0) is 0 Å². The number of hydrogen-bond donors (Lipinski definition) is 1. The van der Waals surface area contributed by atoms with E-state index in [1.54, 1.807) is 6.07 Å². The van der Waals surface area contributed by atoms with Gasteiger partial charge in [-0.2, -0.15) is 0 Å². The number of carbonyl (C=O) groups is 1. The number of carboxylic acid groups (broad SMARTS) is 1. The van der Waals surface area contributed by atoms with Gasteiger partial charge in [0, 0.05) is 11.6 Å². The lowest BCUT2D eigenvalue weighted by Crippen LogP contribution is -2.09. The van der Waals surface area contributed by atoms with Crippen LogP contribution in [0.5, 0.6) is 0 Å². The molecule has 0 aromatic carbocycles. The maximum Gasteiger partial charge on any atom is 0.354 e. The number of aromatic carboxylic acids is 1. The van der Waals surface area contributed by atoms with Crippen molar-refractivity contribution in [1.82, 2.24) is 9.97 Å². The third-order valence-electron chi connectivity index (χ3n) is 2.93. The monoisotopic (exact) mass is 206 g/mol. The van der Waals surface area contributed by atoms with Crippen LogP contribution >= 0.6 is 0 Å².